The van der Waals surface area contributed by atoms with E-state index in [4.69, 9.17) is 14.6 Å². The van der Waals surface area contributed by atoms with Crippen molar-refractivity contribution in [3.8, 4) is 5.75 Å². The molecule has 0 saturated carbocycles. The third kappa shape index (κ3) is 7.49. The van der Waals surface area contributed by atoms with Gasteiger partial charge < -0.3 is 14.6 Å². The molecule has 5 heteroatoms. The highest BCUT2D eigenvalue weighted by Crippen LogP contribution is 2.12. The molecule has 0 aliphatic carbocycles. The van der Waals surface area contributed by atoms with Gasteiger partial charge in [-0.1, -0.05) is 6.08 Å². The molecule has 1 rings (SSSR count). The Bertz CT molecular complexity index is 376. The maximum absolute atomic E-state index is 10.6. The molecule has 1 aromatic carbocycles. The Morgan fingerprint density at radius 2 is 1.84 bits per heavy atom. The summed E-state index contributed by atoms with van der Waals surface area (Å²) in [6.07, 6.45) is 3.55. The van der Waals surface area contributed by atoms with E-state index in [1.54, 1.807) is 18.2 Å². The number of benzene rings is 1. The van der Waals surface area contributed by atoms with Crippen LogP contribution in [0, 0.1) is 0 Å². The average molecular weight is 287 g/mol. The Kier molecular flexibility index (Phi) is 9.57. The van der Waals surface area contributed by atoms with Gasteiger partial charge in [-0.15, -0.1) is 19.0 Å². The van der Waals surface area contributed by atoms with Gasteiger partial charge in [0.15, 0.2) is 0 Å². The lowest BCUT2D eigenvalue weighted by molar-refractivity contribution is 0.0697. The van der Waals surface area contributed by atoms with Gasteiger partial charge in [-0.05, 0) is 37.1 Å². The Labute approximate surface area is 119 Å². The molecule has 4 nitrogen and oxygen atoms in total. The summed E-state index contributed by atoms with van der Waals surface area (Å²) in [7, 11) is 0. The summed E-state index contributed by atoms with van der Waals surface area (Å²) in [4.78, 5) is 10.6. The number of unbranched alkanes of at least 4 members (excludes halogenated alkanes) is 1. The van der Waals surface area contributed by atoms with E-state index < -0.39 is 5.97 Å². The minimum absolute atomic E-state index is 0. The van der Waals surface area contributed by atoms with Crippen LogP contribution < -0.4 is 4.74 Å². The molecule has 1 aromatic rings. The minimum atomic E-state index is -0.930. The fourth-order valence-electron chi connectivity index (χ4n) is 1.36. The summed E-state index contributed by atoms with van der Waals surface area (Å²) in [6, 6.07) is 6.39. The lowest BCUT2D eigenvalue weighted by Gasteiger charge is -2.06. The number of aromatic carboxylic acids is 1. The van der Waals surface area contributed by atoms with E-state index >= 15 is 0 Å². The van der Waals surface area contributed by atoms with Crippen molar-refractivity contribution in [1.82, 2.24) is 0 Å². The van der Waals surface area contributed by atoms with Crippen LogP contribution in [0.25, 0.3) is 0 Å². The molecule has 0 aliphatic heterocycles. The highest BCUT2D eigenvalue weighted by Gasteiger charge is 2.01. The maximum atomic E-state index is 10.6. The molecule has 0 spiro atoms. The zero-order valence-corrected chi connectivity index (χ0v) is 11.5. The molecule has 1 N–H and O–H groups in total. The van der Waals surface area contributed by atoms with Gasteiger partial charge in [-0.25, -0.2) is 4.79 Å². The Morgan fingerprint density at radius 3 is 2.42 bits per heavy atom. The number of ether oxygens (including phenoxy) is 2. The summed E-state index contributed by atoms with van der Waals surface area (Å²) in [5, 5.41) is 8.73. The number of carbonyl (C=O) groups is 1. The predicted octanol–water partition coefficient (Wildman–Crippen LogP) is 3.17. The lowest BCUT2D eigenvalue weighted by atomic mass is 10.2. The van der Waals surface area contributed by atoms with Crippen molar-refractivity contribution >= 4 is 18.4 Å². The summed E-state index contributed by atoms with van der Waals surface area (Å²) >= 11 is 0. The van der Waals surface area contributed by atoms with Crippen LogP contribution in [-0.4, -0.2) is 30.9 Å². The van der Waals surface area contributed by atoms with Gasteiger partial charge in [-0.2, -0.15) is 0 Å². The largest absolute Gasteiger partial charge is 0.494 e. The second-order valence-electron chi connectivity index (χ2n) is 3.75. The van der Waals surface area contributed by atoms with Crippen LogP contribution in [0.2, 0.25) is 0 Å². The third-order valence-electron chi connectivity index (χ3n) is 2.29. The quantitative estimate of drug-likeness (QED) is 0.559. The van der Waals surface area contributed by atoms with Gasteiger partial charge in [0.1, 0.15) is 5.75 Å². The van der Waals surface area contributed by atoms with E-state index in [0.29, 0.717) is 25.6 Å². The second kappa shape index (κ2) is 10.4. The molecular weight excluding hydrogens is 268 g/mol. The first-order chi connectivity index (χ1) is 8.74. The van der Waals surface area contributed by atoms with Crippen LogP contribution in [0.4, 0.5) is 0 Å². The maximum Gasteiger partial charge on any atom is 0.335 e. The van der Waals surface area contributed by atoms with E-state index in [-0.39, 0.29) is 18.0 Å². The van der Waals surface area contributed by atoms with E-state index in [1.807, 2.05) is 0 Å². The molecule has 0 radical (unpaired) electrons. The highest BCUT2D eigenvalue weighted by atomic mass is 35.5. The van der Waals surface area contributed by atoms with E-state index in [1.165, 1.54) is 12.1 Å². The van der Waals surface area contributed by atoms with Crippen LogP contribution in [0.15, 0.2) is 36.9 Å². The molecule has 0 heterocycles. The van der Waals surface area contributed by atoms with E-state index in [2.05, 4.69) is 6.58 Å². The van der Waals surface area contributed by atoms with Crippen molar-refractivity contribution in [2.45, 2.75) is 12.8 Å². The topological polar surface area (TPSA) is 55.8 Å². The van der Waals surface area contributed by atoms with Gasteiger partial charge in [-0.3, -0.25) is 0 Å². The highest BCUT2D eigenvalue weighted by molar-refractivity contribution is 5.87. The van der Waals surface area contributed by atoms with Crippen LogP contribution in [0.1, 0.15) is 23.2 Å². The second-order valence-corrected chi connectivity index (χ2v) is 3.75. The number of halogens is 1. The van der Waals surface area contributed by atoms with Gasteiger partial charge >= 0.3 is 5.97 Å². The lowest BCUT2D eigenvalue weighted by Crippen LogP contribution is -2.01. The van der Waals surface area contributed by atoms with Crippen molar-refractivity contribution in [2.75, 3.05) is 19.8 Å². The Hall–Kier alpha value is -1.52. The zero-order valence-electron chi connectivity index (χ0n) is 10.7. The molecule has 0 atom stereocenters. The molecule has 0 fully saturated rings. The number of hydrogen-bond acceptors (Lipinski definition) is 3. The van der Waals surface area contributed by atoms with Gasteiger partial charge in [0.05, 0.1) is 18.8 Å². The van der Waals surface area contributed by atoms with Crippen molar-refractivity contribution in [3.05, 3.63) is 42.5 Å². The molecule has 0 unspecified atom stereocenters. The summed E-state index contributed by atoms with van der Waals surface area (Å²) < 4.78 is 10.7. The normalized spacial score (nSPS) is 9.47. The smallest absolute Gasteiger partial charge is 0.335 e. The first-order valence-corrected chi connectivity index (χ1v) is 5.89. The summed E-state index contributed by atoms with van der Waals surface area (Å²) in [6.45, 7) is 5.45. The standard InChI is InChI=1S/C14H18O4.ClH/c1-2-9-17-10-3-4-11-18-13-7-5-12(6-8-13)14(15)16;/h2,5-8H,1,3-4,9-11H2,(H,15,16);1H. The molecule has 0 saturated heterocycles. The molecule has 0 aliphatic rings. The fraction of sp³-hybridized carbons (Fsp3) is 0.357. The summed E-state index contributed by atoms with van der Waals surface area (Å²) in [5.74, 6) is -0.243. The van der Waals surface area contributed by atoms with E-state index in [0.717, 1.165) is 12.8 Å². The van der Waals surface area contributed by atoms with Crippen molar-refractivity contribution in [2.24, 2.45) is 0 Å². The number of carboxylic acids is 1. The van der Waals surface area contributed by atoms with Crippen LogP contribution in [-0.2, 0) is 4.74 Å². The van der Waals surface area contributed by atoms with Crippen LogP contribution >= 0.6 is 12.4 Å². The van der Waals surface area contributed by atoms with Gasteiger partial charge in [0, 0.05) is 6.61 Å². The number of rotatable bonds is 9. The number of hydrogen-bond donors (Lipinski definition) is 1. The Balaban J connectivity index is 0.00000324. The van der Waals surface area contributed by atoms with E-state index in [9.17, 15) is 4.79 Å². The fourth-order valence-corrected chi connectivity index (χ4v) is 1.36. The predicted molar refractivity (Wildman–Crippen MR) is 76.4 cm³/mol. The first-order valence-electron chi connectivity index (χ1n) is 5.89. The van der Waals surface area contributed by atoms with Gasteiger partial charge in [0.2, 0.25) is 0 Å². The SMILES string of the molecule is C=CCOCCCCOc1ccc(C(=O)O)cc1.Cl. The molecule has 106 valence electrons. The monoisotopic (exact) mass is 286 g/mol. The van der Waals surface area contributed by atoms with Crippen LogP contribution in [0.5, 0.6) is 5.75 Å². The van der Waals surface area contributed by atoms with Crippen molar-refractivity contribution in [1.29, 1.82) is 0 Å². The third-order valence-corrected chi connectivity index (χ3v) is 2.29. The Morgan fingerprint density at radius 1 is 1.21 bits per heavy atom. The molecule has 0 aromatic heterocycles. The number of carboxylic acid groups (broad SMARTS) is 1. The average Bonchev–Trinajstić information content (AvgIpc) is 2.38. The minimum Gasteiger partial charge on any atom is -0.494 e. The first kappa shape index (κ1) is 17.5. The van der Waals surface area contributed by atoms with Gasteiger partial charge in [0.25, 0.3) is 0 Å². The van der Waals surface area contributed by atoms with Crippen molar-refractivity contribution in [3.63, 3.8) is 0 Å². The molecular formula is C14H19ClO4. The summed E-state index contributed by atoms with van der Waals surface area (Å²) in [5.41, 5.74) is 0.264. The molecule has 19 heavy (non-hydrogen) atoms. The molecule has 0 bridgehead atoms. The van der Waals surface area contributed by atoms with Crippen LogP contribution in [0.3, 0.4) is 0 Å². The molecule has 0 amide bonds. The van der Waals surface area contributed by atoms with Crippen molar-refractivity contribution < 1.29 is 19.4 Å². The zero-order chi connectivity index (χ0) is 13.2.